The molecule has 1 heterocycles. The number of amides is 1. The first kappa shape index (κ1) is 18.1. The maximum Gasteiger partial charge on any atom is 0.410 e. The molecule has 7 heteroatoms. The molecule has 5 nitrogen and oxygen atoms in total. The van der Waals surface area contributed by atoms with Crippen LogP contribution in [0.15, 0.2) is 0 Å². The van der Waals surface area contributed by atoms with Crippen LogP contribution in [-0.4, -0.2) is 66.7 Å². The third-order valence-electron chi connectivity index (χ3n) is 3.36. The van der Waals surface area contributed by atoms with Gasteiger partial charge in [-0.1, -0.05) is 0 Å². The van der Waals surface area contributed by atoms with E-state index in [1.165, 1.54) is 0 Å². The summed E-state index contributed by atoms with van der Waals surface area (Å²) >= 11 is 0. The molecule has 0 saturated carbocycles. The molecule has 0 spiro atoms. The van der Waals surface area contributed by atoms with E-state index in [0.717, 1.165) is 19.6 Å². The standard InChI is InChI=1S/C14H27F2N3O2/c1-14(2,3)21-13(20)19-9-7-18(8-10-19)6-4-5-11(17)12(15)16/h11-12H,4-10,17H2,1-3H3. The van der Waals surface area contributed by atoms with Gasteiger partial charge in [0.15, 0.2) is 0 Å². The predicted octanol–water partition coefficient (Wildman–Crippen LogP) is 1.91. The van der Waals surface area contributed by atoms with Gasteiger partial charge in [0, 0.05) is 26.2 Å². The quantitative estimate of drug-likeness (QED) is 0.843. The van der Waals surface area contributed by atoms with Crippen LogP contribution in [0.4, 0.5) is 13.6 Å². The van der Waals surface area contributed by atoms with Crippen LogP contribution in [0.25, 0.3) is 0 Å². The second-order valence-electron chi connectivity index (χ2n) is 6.45. The monoisotopic (exact) mass is 307 g/mol. The fourth-order valence-corrected chi connectivity index (χ4v) is 2.16. The van der Waals surface area contributed by atoms with Gasteiger partial charge in [0.1, 0.15) is 5.60 Å². The number of ether oxygens (including phenoxy) is 1. The third-order valence-corrected chi connectivity index (χ3v) is 3.36. The van der Waals surface area contributed by atoms with Crippen LogP contribution in [0.2, 0.25) is 0 Å². The Morgan fingerprint density at radius 2 is 1.81 bits per heavy atom. The van der Waals surface area contributed by atoms with Crippen molar-refractivity contribution in [1.29, 1.82) is 0 Å². The molecule has 1 amide bonds. The lowest BCUT2D eigenvalue weighted by Crippen LogP contribution is -2.50. The summed E-state index contributed by atoms with van der Waals surface area (Å²) in [6.07, 6.45) is -1.77. The molecule has 0 aromatic heterocycles. The predicted molar refractivity (Wildman–Crippen MR) is 77.5 cm³/mol. The molecular formula is C14H27F2N3O2. The van der Waals surface area contributed by atoms with Gasteiger partial charge in [0.25, 0.3) is 6.43 Å². The Balaban J connectivity index is 2.22. The molecule has 1 aliphatic heterocycles. The topological polar surface area (TPSA) is 58.8 Å². The third kappa shape index (κ3) is 7.04. The van der Waals surface area contributed by atoms with E-state index in [1.807, 2.05) is 20.8 Å². The molecule has 0 aliphatic carbocycles. The summed E-state index contributed by atoms with van der Waals surface area (Å²) < 4.78 is 29.9. The van der Waals surface area contributed by atoms with Crippen molar-refractivity contribution in [2.45, 2.75) is 51.7 Å². The number of hydrogen-bond acceptors (Lipinski definition) is 4. The Labute approximate surface area is 125 Å². The van der Waals surface area contributed by atoms with Crippen molar-refractivity contribution in [2.75, 3.05) is 32.7 Å². The van der Waals surface area contributed by atoms with Gasteiger partial charge in [-0.2, -0.15) is 0 Å². The highest BCUT2D eigenvalue weighted by molar-refractivity contribution is 5.68. The van der Waals surface area contributed by atoms with Gasteiger partial charge in [0.05, 0.1) is 6.04 Å². The van der Waals surface area contributed by atoms with Crippen LogP contribution in [0, 0.1) is 0 Å². The van der Waals surface area contributed by atoms with E-state index < -0.39 is 18.1 Å². The number of rotatable bonds is 5. The molecule has 21 heavy (non-hydrogen) atoms. The van der Waals surface area contributed by atoms with Crippen LogP contribution in [0.3, 0.4) is 0 Å². The zero-order valence-electron chi connectivity index (χ0n) is 13.1. The number of halogens is 2. The molecule has 1 atom stereocenters. The van der Waals surface area contributed by atoms with Crippen LogP contribution < -0.4 is 5.73 Å². The average molecular weight is 307 g/mol. The van der Waals surface area contributed by atoms with Crippen molar-refractivity contribution in [3.8, 4) is 0 Å². The molecule has 2 N–H and O–H groups in total. The number of piperazine rings is 1. The van der Waals surface area contributed by atoms with Gasteiger partial charge >= 0.3 is 6.09 Å². The first-order valence-electron chi connectivity index (χ1n) is 7.43. The van der Waals surface area contributed by atoms with Crippen molar-refractivity contribution in [3.63, 3.8) is 0 Å². The number of alkyl halides is 2. The molecule has 1 aliphatic rings. The zero-order valence-corrected chi connectivity index (χ0v) is 13.1. The second kappa shape index (κ2) is 7.89. The molecule has 124 valence electrons. The van der Waals surface area contributed by atoms with Crippen molar-refractivity contribution in [2.24, 2.45) is 5.73 Å². The number of carbonyl (C=O) groups is 1. The fraction of sp³-hybridized carbons (Fsp3) is 0.929. The first-order valence-corrected chi connectivity index (χ1v) is 7.43. The Kier molecular flexibility index (Phi) is 6.80. The zero-order chi connectivity index (χ0) is 16.0. The van der Waals surface area contributed by atoms with E-state index in [2.05, 4.69) is 4.90 Å². The lowest BCUT2D eigenvalue weighted by atomic mass is 10.1. The van der Waals surface area contributed by atoms with Crippen LogP contribution in [0.5, 0.6) is 0 Å². The highest BCUT2D eigenvalue weighted by Gasteiger charge is 2.25. The van der Waals surface area contributed by atoms with Gasteiger partial charge < -0.3 is 15.4 Å². The summed E-state index contributed by atoms with van der Waals surface area (Å²) in [6, 6.07) is -1.03. The largest absolute Gasteiger partial charge is 0.444 e. The Hall–Kier alpha value is -0.950. The summed E-state index contributed by atoms with van der Waals surface area (Å²) in [4.78, 5) is 15.7. The highest BCUT2D eigenvalue weighted by atomic mass is 19.3. The number of carbonyl (C=O) groups excluding carboxylic acids is 1. The molecule has 1 fully saturated rings. The van der Waals surface area contributed by atoms with Gasteiger partial charge in [-0.25, -0.2) is 13.6 Å². The molecule has 1 rings (SSSR count). The number of nitrogens with two attached hydrogens (primary N) is 1. The number of nitrogens with zero attached hydrogens (tertiary/aromatic N) is 2. The SMILES string of the molecule is CC(C)(C)OC(=O)N1CCN(CCCC(N)C(F)F)CC1. The average Bonchev–Trinajstić information content (AvgIpc) is 2.37. The van der Waals surface area contributed by atoms with Gasteiger partial charge in [-0.15, -0.1) is 0 Å². The van der Waals surface area contributed by atoms with Crippen molar-refractivity contribution in [3.05, 3.63) is 0 Å². The Morgan fingerprint density at radius 3 is 2.29 bits per heavy atom. The minimum Gasteiger partial charge on any atom is -0.444 e. The molecule has 0 radical (unpaired) electrons. The maximum absolute atomic E-state index is 12.3. The second-order valence-corrected chi connectivity index (χ2v) is 6.45. The Morgan fingerprint density at radius 1 is 1.24 bits per heavy atom. The van der Waals surface area contributed by atoms with Crippen LogP contribution in [-0.2, 0) is 4.74 Å². The minimum atomic E-state index is -2.45. The highest BCUT2D eigenvalue weighted by Crippen LogP contribution is 2.12. The van der Waals surface area contributed by atoms with E-state index in [0.29, 0.717) is 25.9 Å². The molecular weight excluding hydrogens is 280 g/mol. The lowest BCUT2D eigenvalue weighted by molar-refractivity contribution is 0.0142. The molecule has 1 saturated heterocycles. The Bertz CT molecular complexity index is 327. The van der Waals surface area contributed by atoms with Gasteiger partial charge in [-0.3, -0.25) is 4.90 Å². The lowest BCUT2D eigenvalue weighted by Gasteiger charge is -2.35. The molecule has 0 aromatic carbocycles. The van der Waals surface area contributed by atoms with Crippen LogP contribution in [0.1, 0.15) is 33.6 Å². The summed E-state index contributed by atoms with van der Waals surface area (Å²) in [7, 11) is 0. The summed E-state index contributed by atoms with van der Waals surface area (Å²) in [6.45, 7) is 8.95. The fourth-order valence-electron chi connectivity index (χ4n) is 2.16. The maximum atomic E-state index is 12.3. The van der Waals surface area contributed by atoms with Crippen LogP contribution >= 0.6 is 0 Å². The van der Waals surface area contributed by atoms with Crippen molar-refractivity contribution in [1.82, 2.24) is 9.80 Å². The molecule has 0 bridgehead atoms. The molecule has 0 aromatic rings. The normalized spacial score (nSPS) is 18.9. The van der Waals surface area contributed by atoms with E-state index in [-0.39, 0.29) is 6.09 Å². The van der Waals surface area contributed by atoms with E-state index in [9.17, 15) is 13.6 Å². The van der Waals surface area contributed by atoms with Crippen molar-refractivity contribution < 1.29 is 18.3 Å². The van der Waals surface area contributed by atoms with E-state index in [1.54, 1.807) is 4.90 Å². The summed E-state index contributed by atoms with van der Waals surface area (Å²) in [5.41, 5.74) is 4.83. The van der Waals surface area contributed by atoms with Gasteiger partial charge in [0.2, 0.25) is 0 Å². The van der Waals surface area contributed by atoms with Crippen molar-refractivity contribution >= 4 is 6.09 Å². The minimum absolute atomic E-state index is 0.290. The summed E-state index contributed by atoms with van der Waals surface area (Å²) in [5.74, 6) is 0. The number of hydrogen-bond donors (Lipinski definition) is 1. The molecule has 1 unspecified atom stereocenters. The smallest absolute Gasteiger partial charge is 0.410 e. The van der Waals surface area contributed by atoms with Gasteiger partial charge in [-0.05, 0) is 40.2 Å². The van der Waals surface area contributed by atoms with E-state index in [4.69, 9.17) is 10.5 Å². The first-order chi connectivity index (χ1) is 9.69. The summed E-state index contributed by atoms with van der Waals surface area (Å²) in [5, 5.41) is 0. The van der Waals surface area contributed by atoms with E-state index >= 15 is 0 Å².